The van der Waals surface area contributed by atoms with Crippen LogP contribution in [0.1, 0.15) is 26.7 Å². The van der Waals surface area contributed by atoms with Gasteiger partial charge in [-0.2, -0.15) is 0 Å². The lowest BCUT2D eigenvalue weighted by molar-refractivity contribution is 0.390. The van der Waals surface area contributed by atoms with E-state index in [1.54, 1.807) is 0 Å². The average Bonchev–Trinajstić information content (AvgIpc) is 2.32. The maximum atomic E-state index is 4.26. The van der Waals surface area contributed by atoms with Crippen molar-refractivity contribution in [2.45, 2.75) is 32.7 Å². The molecule has 0 saturated carbocycles. The summed E-state index contributed by atoms with van der Waals surface area (Å²) in [5.74, 6) is 1.74. The first-order chi connectivity index (χ1) is 7.70. The molecule has 0 aromatic carbocycles. The third-order valence-corrected chi connectivity index (χ3v) is 3.45. The van der Waals surface area contributed by atoms with Crippen molar-refractivity contribution >= 4 is 11.5 Å². The summed E-state index contributed by atoms with van der Waals surface area (Å²) in [6.45, 7) is 5.80. The van der Waals surface area contributed by atoms with E-state index >= 15 is 0 Å². The van der Waals surface area contributed by atoms with E-state index in [2.05, 4.69) is 41.2 Å². The Morgan fingerprint density at radius 2 is 2.19 bits per heavy atom. The first kappa shape index (κ1) is 11.2. The smallest absolute Gasteiger partial charge is 0.127 e. The first-order valence-corrected chi connectivity index (χ1v) is 6.11. The second-order valence-electron chi connectivity index (χ2n) is 4.83. The number of anilines is 2. The number of hydrogen-bond acceptors (Lipinski definition) is 3. The quantitative estimate of drug-likeness (QED) is 0.829. The van der Waals surface area contributed by atoms with Gasteiger partial charge in [0.25, 0.3) is 0 Å². The van der Waals surface area contributed by atoms with Gasteiger partial charge in [0.05, 0.1) is 0 Å². The molecule has 0 radical (unpaired) electrons. The maximum absolute atomic E-state index is 4.26. The van der Waals surface area contributed by atoms with Crippen molar-refractivity contribution in [1.82, 2.24) is 4.98 Å². The summed E-state index contributed by atoms with van der Waals surface area (Å²) in [5, 5.41) is 3.09. The van der Waals surface area contributed by atoms with Gasteiger partial charge in [0.1, 0.15) is 5.82 Å². The third-order valence-electron chi connectivity index (χ3n) is 3.45. The fourth-order valence-electron chi connectivity index (χ4n) is 2.38. The fraction of sp³-hybridized carbons (Fsp3) is 0.615. The zero-order chi connectivity index (χ0) is 11.5. The molecular formula is C13H21N3. The second-order valence-corrected chi connectivity index (χ2v) is 4.83. The Morgan fingerprint density at radius 1 is 1.38 bits per heavy atom. The summed E-state index contributed by atoms with van der Waals surface area (Å²) in [4.78, 5) is 6.76. The molecule has 0 amide bonds. The fourth-order valence-corrected chi connectivity index (χ4v) is 2.38. The minimum atomic E-state index is 0.642. The number of piperidine rings is 1. The van der Waals surface area contributed by atoms with Crippen molar-refractivity contribution < 1.29 is 0 Å². The Labute approximate surface area is 97.9 Å². The van der Waals surface area contributed by atoms with Gasteiger partial charge in [-0.15, -0.1) is 0 Å². The van der Waals surface area contributed by atoms with E-state index in [-0.39, 0.29) is 0 Å². The summed E-state index contributed by atoms with van der Waals surface area (Å²) in [6, 6.07) is 4.88. The predicted molar refractivity (Wildman–Crippen MR) is 69.0 cm³/mol. The van der Waals surface area contributed by atoms with Gasteiger partial charge in [0.2, 0.25) is 0 Å². The number of rotatable bonds is 2. The number of pyridine rings is 1. The van der Waals surface area contributed by atoms with Gasteiger partial charge in [-0.1, -0.05) is 6.92 Å². The number of aromatic nitrogens is 1. The van der Waals surface area contributed by atoms with Gasteiger partial charge in [-0.25, -0.2) is 4.98 Å². The standard InChI is InChI=1S/C13H21N3/c1-10-4-5-11(2)16(9-10)12-6-7-15-13(8-12)14-3/h6-8,10-11H,4-5,9H2,1-3H3,(H,14,15). The molecule has 1 aromatic rings. The van der Waals surface area contributed by atoms with E-state index in [1.165, 1.54) is 18.5 Å². The highest BCUT2D eigenvalue weighted by molar-refractivity contribution is 5.54. The van der Waals surface area contributed by atoms with Gasteiger partial charge in [0.15, 0.2) is 0 Å². The minimum absolute atomic E-state index is 0.642. The second kappa shape index (κ2) is 4.73. The molecule has 0 aliphatic carbocycles. The summed E-state index contributed by atoms with van der Waals surface area (Å²) in [6.07, 6.45) is 4.52. The van der Waals surface area contributed by atoms with Crippen LogP contribution in [0.4, 0.5) is 11.5 Å². The van der Waals surface area contributed by atoms with Crippen molar-refractivity contribution in [2.75, 3.05) is 23.8 Å². The highest BCUT2D eigenvalue weighted by atomic mass is 15.2. The van der Waals surface area contributed by atoms with E-state index in [1.807, 2.05) is 13.2 Å². The topological polar surface area (TPSA) is 28.2 Å². The van der Waals surface area contributed by atoms with Crippen molar-refractivity contribution in [3.63, 3.8) is 0 Å². The van der Waals surface area contributed by atoms with Gasteiger partial charge in [-0.05, 0) is 31.7 Å². The molecule has 1 aliphatic rings. The molecule has 1 fully saturated rings. The number of nitrogens with one attached hydrogen (secondary N) is 1. The van der Waals surface area contributed by atoms with Crippen molar-refractivity contribution in [2.24, 2.45) is 5.92 Å². The summed E-state index contributed by atoms with van der Waals surface area (Å²) < 4.78 is 0. The Morgan fingerprint density at radius 3 is 2.94 bits per heavy atom. The van der Waals surface area contributed by atoms with Gasteiger partial charge < -0.3 is 10.2 Å². The summed E-state index contributed by atoms with van der Waals surface area (Å²) >= 11 is 0. The van der Waals surface area contributed by atoms with Crippen LogP contribution in [0.2, 0.25) is 0 Å². The summed E-state index contributed by atoms with van der Waals surface area (Å²) in [7, 11) is 1.91. The molecule has 2 heterocycles. The molecule has 3 nitrogen and oxygen atoms in total. The zero-order valence-electron chi connectivity index (χ0n) is 10.4. The van der Waals surface area contributed by atoms with Gasteiger partial charge in [-0.3, -0.25) is 0 Å². The maximum Gasteiger partial charge on any atom is 0.127 e. The monoisotopic (exact) mass is 219 g/mol. The van der Waals surface area contributed by atoms with Crippen LogP contribution in [-0.2, 0) is 0 Å². The summed E-state index contributed by atoms with van der Waals surface area (Å²) in [5.41, 5.74) is 1.29. The minimum Gasteiger partial charge on any atom is -0.373 e. The zero-order valence-corrected chi connectivity index (χ0v) is 10.4. The molecule has 2 unspecified atom stereocenters. The highest BCUT2D eigenvalue weighted by Gasteiger charge is 2.23. The van der Waals surface area contributed by atoms with Crippen LogP contribution < -0.4 is 10.2 Å². The van der Waals surface area contributed by atoms with E-state index in [4.69, 9.17) is 0 Å². The van der Waals surface area contributed by atoms with Crippen LogP contribution in [0.3, 0.4) is 0 Å². The Balaban J connectivity index is 2.20. The molecule has 1 saturated heterocycles. The van der Waals surface area contributed by atoms with Gasteiger partial charge >= 0.3 is 0 Å². The molecule has 1 N–H and O–H groups in total. The Bertz CT molecular complexity index is 351. The van der Waals surface area contributed by atoms with Crippen LogP contribution >= 0.6 is 0 Å². The SMILES string of the molecule is CNc1cc(N2CC(C)CCC2C)ccn1. The predicted octanol–water partition coefficient (Wildman–Crippen LogP) is 2.75. The molecule has 0 bridgehead atoms. The van der Waals surface area contributed by atoms with E-state index in [0.29, 0.717) is 6.04 Å². The molecule has 1 aliphatic heterocycles. The highest BCUT2D eigenvalue weighted by Crippen LogP contribution is 2.28. The van der Waals surface area contributed by atoms with E-state index < -0.39 is 0 Å². The van der Waals surface area contributed by atoms with Crippen LogP contribution in [0.25, 0.3) is 0 Å². The third kappa shape index (κ3) is 2.29. The average molecular weight is 219 g/mol. The number of hydrogen-bond donors (Lipinski definition) is 1. The van der Waals surface area contributed by atoms with Crippen LogP contribution in [0, 0.1) is 5.92 Å². The molecular weight excluding hydrogens is 198 g/mol. The normalized spacial score (nSPS) is 25.6. The molecule has 2 atom stereocenters. The van der Waals surface area contributed by atoms with Crippen molar-refractivity contribution in [1.29, 1.82) is 0 Å². The van der Waals surface area contributed by atoms with Crippen molar-refractivity contribution in [3.05, 3.63) is 18.3 Å². The van der Waals surface area contributed by atoms with E-state index in [0.717, 1.165) is 18.3 Å². The molecule has 88 valence electrons. The van der Waals surface area contributed by atoms with Crippen LogP contribution in [-0.4, -0.2) is 24.6 Å². The molecule has 2 rings (SSSR count). The number of nitrogens with zero attached hydrogens (tertiary/aromatic N) is 2. The van der Waals surface area contributed by atoms with Crippen molar-refractivity contribution in [3.8, 4) is 0 Å². The largest absolute Gasteiger partial charge is 0.373 e. The molecule has 0 spiro atoms. The lowest BCUT2D eigenvalue weighted by Crippen LogP contribution is -2.41. The Hall–Kier alpha value is -1.25. The molecule has 3 heteroatoms. The van der Waals surface area contributed by atoms with Crippen LogP contribution in [0.5, 0.6) is 0 Å². The molecule has 16 heavy (non-hydrogen) atoms. The Kier molecular flexibility index (Phi) is 3.32. The lowest BCUT2D eigenvalue weighted by atomic mass is 9.94. The van der Waals surface area contributed by atoms with E-state index in [9.17, 15) is 0 Å². The molecule has 1 aromatic heterocycles. The first-order valence-electron chi connectivity index (χ1n) is 6.11. The van der Waals surface area contributed by atoms with Crippen LogP contribution in [0.15, 0.2) is 18.3 Å². The van der Waals surface area contributed by atoms with Gasteiger partial charge in [0, 0.05) is 37.6 Å². The lowest BCUT2D eigenvalue weighted by Gasteiger charge is -2.38.